The molecular weight excluding hydrogens is 450 g/mol. The van der Waals surface area contributed by atoms with Crippen LogP contribution in [0.25, 0.3) is 11.0 Å². The number of ether oxygens (including phenoxy) is 2. The summed E-state index contributed by atoms with van der Waals surface area (Å²) in [6.45, 7) is 8.17. The van der Waals surface area contributed by atoms with Crippen LogP contribution in [0.5, 0.6) is 11.5 Å². The van der Waals surface area contributed by atoms with Gasteiger partial charge in [0.25, 0.3) is 0 Å². The van der Waals surface area contributed by atoms with Gasteiger partial charge in [0.1, 0.15) is 23.9 Å². The Labute approximate surface area is 211 Å². The minimum Gasteiger partial charge on any atom is -0.494 e. The smallest absolute Gasteiger partial charge is 0.227 e. The van der Waals surface area contributed by atoms with Crippen LogP contribution < -0.4 is 14.4 Å². The van der Waals surface area contributed by atoms with Crippen LogP contribution in [-0.2, 0) is 17.8 Å². The lowest BCUT2D eigenvalue weighted by Gasteiger charge is -2.18. The van der Waals surface area contributed by atoms with Gasteiger partial charge in [-0.3, -0.25) is 4.79 Å². The molecule has 0 bridgehead atoms. The molecule has 2 heterocycles. The van der Waals surface area contributed by atoms with E-state index in [1.165, 1.54) is 0 Å². The SMILES string of the molecule is C=CCc1ccccc1OCCn1c(C2CC(=O)N(c3ccc(OCC)cc3)C2)nc2ccccc21. The van der Waals surface area contributed by atoms with Crippen LogP contribution in [0, 0.1) is 0 Å². The number of rotatable bonds is 10. The normalized spacial score (nSPS) is 15.4. The van der Waals surface area contributed by atoms with Crippen LogP contribution >= 0.6 is 0 Å². The second-order valence-corrected chi connectivity index (χ2v) is 8.89. The molecule has 36 heavy (non-hydrogen) atoms. The average Bonchev–Trinajstić information content (AvgIpc) is 3.46. The number of amides is 1. The minimum atomic E-state index is 0.00419. The van der Waals surface area contributed by atoms with Gasteiger partial charge >= 0.3 is 0 Å². The van der Waals surface area contributed by atoms with E-state index in [9.17, 15) is 4.79 Å². The van der Waals surface area contributed by atoms with E-state index in [0.717, 1.165) is 46.0 Å². The lowest BCUT2D eigenvalue weighted by molar-refractivity contribution is -0.117. The third kappa shape index (κ3) is 4.85. The number of para-hydroxylation sites is 3. The number of benzene rings is 3. The Morgan fingerprint density at radius 2 is 1.81 bits per heavy atom. The first-order chi connectivity index (χ1) is 17.7. The van der Waals surface area contributed by atoms with Crippen molar-refractivity contribution in [2.24, 2.45) is 0 Å². The molecule has 1 aromatic heterocycles. The van der Waals surface area contributed by atoms with Crippen LogP contribution in [-0.4, -0.2) is 35.2 Å². The maximum atomic E-state index is 13.0. The van der Waals surface area contributed by atoms with Gasteiger partial charge in [0, 0.05) is 24.6 Å². The molecule has 6 heteroatoms. The van der Waals surface area contributed by atoms with Crippen molar-refractivity contribution in [3.63, 3.8) is 0 Å². The van der Waals surface area contributed by atoms with Crippen LogP contribution in [0.4, 0.5) is 5.69 Å². The van der Waals surface area contributed by atoms with Crippen LogP contribution in [0.1, 0.15) is 30.7 Å². The summed E-state index contributed by atoms with van der Waals surface area (Å²) in [7, 11) is 0. The second kappa shape index (κ2) is 10.7. The van der Waals surface area contributed by atoms with Crippen LogP contribution in [0.15, 0.2) is 85.5 Å². The fraction of sp³-hybridized carbons (Fsp3) is 0.267. The summed E-state index contributed by atoms with van der Waals surface area (Å²) in [5.74, 6) is 2.73. The highest BCUT2D eigenvalue weighted by molar-refractivity contribution is 5.96. The highest BCUT2D eigenvalue weighted by atomic mass is 16.5. The summed E-state index contributed by atoms with van der Waals surface area (Å²) in [5, 5.41) is 0. The van der Waals surface area contributed by atoms with Gasteiger partial charge in [-0.05, 0) is 61.4 Å². The van der Waals surface area contributed by atoms with E-state index >= 15 is 0 Å². The molecule has 1 amide bonds. The van der Waals surface area contributed by atoms with Crippen molar-refractivity contribution in [2.45, 2.75) is 32.2 Å². The number of carbonyl (C=O) groups is 1. The van der Waals surface area contributed by atoms with E-state index in [4.69, 9.17) is 14.5 Å². The fourth-order valence-electron chi connectivity index (χ4n) is 4.88. The average molecular weight is 482 g/mol. The van der Waals surface area contributed by atoms with Gasteiger partial charge in [0.2, 0.25) is 5.91 Å². The standard InChI is InChI=1S/C30H31N3O3/c1-3-9-22-10-5-8-13-28(22)36-19-18-32-27-12-7-6-11-26(27)31-30(32)23-20-29(34)33(21-23)24-14-16-25(17-15-24)35-4-2/h3,5-8,10-17,23H,1,4,9,18-21H2,2H3. The van der Waals surface area contributed by atoms with Gasteiger partial charge in [-0.1, -0.05) is 36.4 Å². The maximum Gasteiger partial charge on any atom is 0.227 e. The van der Waals surface area contributed by atoms with Crippen molar-refractivity contribution in [1.29, 1.82) is 0 Å². The first-order valence-corrected chi connectivity index (χ1v) is 12.5. The number of fused-ring (bicyclic) bond motifs is 1. The molecule has 1 aliphatic heterocycles. The Kier molecular flexibility index (Phi) is 7.03. The zero-order valence-electron chi connectivity index (χ0n) is 20.6. The Hall–Kier alpha value is -4.06. The van der Waals surface area contributed by atoms with Crippen molar-refractivity contribution in [3.8, 4) is 11.5 Å². The number of allylic oxidation sites excluding steroid dienone is 1. The summed E-state index contributed by atoms with van der Waals surface area (Å²) in [5.41, 5.74) is 4.00. The van der Waals surface area contributed by atoms with Gasteiger partial charge < -0.3 is 18.9 Å². The molecule has 0 radical (unpaired) electrons. The molecule has 1 atom stereocenters. The van der Waals surface area contributed by atoms with Crippen molar-refractivity contribution >= 4 is 22.6 Å². The lowest BCUT2D eigenvalue weighted by Crippen LogP contribution is -2.24. The highest BCUT2D eigenvalue weighted by Crippen LogP contribution is 2.34. The molecule has 1 unspecified atom stereocenters. The van der Waals surface area contributed by atoms with E-state index in [1.54, 1.807) is 0 Å². The zero-order chi connectivity index (χ0) is 24.9. The summed E-state index contributed by atoms with van der Waals surface area (Å²) in [6.07, 6.45) is 3.08. The fourth-order valence-corrected chi connectivity index (χ4v) is 4.88. The Morgan fingerprint density at radius 1 is 1.03 bits per heavy atom. The van der Waals surface area contributed by atoms with Gasteiger partial charge in [0.05, 0.1) is 24.2 Å². The Morgan fingerprint density at radius 3 is 2.61 bits per heavy atom. The number of imidazole rings is 1. The van der Waals surface area contributed by atoms with Crippen LogP contribution in [0.2, 0.25) is 0 Å². The zero-order valence-corrected chi connectivity index (χ0v) is 20.6. The Balaban J connectivity index is 1.36. The van der Waals surface area contributed by atoms with Crippen molar-refractivity contribution in [3.05, 3.63) is 96.8 Å². The molecule has 0 N–H and O–H groups in total. The first kappa shape index (κ1) is 23.7. The second-order valence-electron chi connectivity index (χ2n) is 8.89. The molecule has 1 saturated heterocycles. The Bertz CT molecular complexity index is 1360. The topological polar surface area (TPSA) is 56.6 Å². The summed E-state index contributed by atoms with van der Waals surface area (Å²) in [4.78, 5) is 19.8. The van der Waals surface area contributed by atoms with Gasteiger partial charge in [0.15, 0.2) is 0 Å². The maximum absolute atomic E-state index is 13.0. The lowest BCUT2D eigenvalue weighted by atomic mass is 10.1. The summed E-state index contributed by atoms with van der Waals surface area (Å²) < 4.78 is 13.9. The number of hydrogen-bond acceptors (Lipinski definition) is 4. The number of carbonyl (C=O) groups excluding carboxylic acids is 1. The quantitative estimate of drug-likeness (QED) is 0.270. The third-order valence-electron chi connectivity index (χ3n) is 6.54. The number of aromatic nitrogens is 2. The highest BCUT2D eigenvalue weighted by Gasteiger charge is 2.34. The van der Waals surface area contributed by atoms with Crippen molar-refractivity contribution < 1.29 is 14.3 Å². The molecule has 6 nitrogen and oxygen atoms in total. The van der Waals surface area contributed by atoms with E-state index in [1.807, 2.05) is 78.6 Å². The van der Waals surface area contributed by atoms with E-state index < -0.39 is 0 Å². The van der Waals surface area contributed by atoms with Gasteiger partial charge in [-0.2, -0.15) is 0 Å². The van der Waals surface area contributed by atoms with Crippen molar-refractivity contribution in [2.75, 3.05) is 24.7 Å². The van der Waals surface area contributed by atoms with Crippen LogP contribution in [0.3, 0.4) is 0 Å². The number of nitrogens with zero attached hydrogens (tertiary/aromatic N) is 3. The van der Waals surface area contributed by atoms with Crippen molar-refractivity contribution in [1.82, 2.24) is 9.55 Å². The molecule has 3 aromatic carbocycles. The molecule has 0 aliphatic carbocycles. The summed E-state index contributed by atoms with van der Waals surface area (Å²) in [6, 6.07) is 23.9. The molecule has 0 saturated carbocycles. The molecule has 1 fully saturated rings. The predicted octanol–water partition coefficient (Wildman–Crippen LogP) is 5.76. The van der Waals surface area contributed by atoms with E-state index in [2.05, 4.69) is 23.3 Å². The first-order valence-electron chi connectivity index (χ1n) is 12.5. The number of anilines is 1. The van der Waals surface area contributed by atoms with E-state index in [-0.39, 0.29) is 11.8 Å². The molecule has 184 valence electrons. The molecule has 4 aromatic rings. The third-order valence-corrected chi connectivity index (χ3v) is 6.54. The van der Waals surface area contributed by atoms with Gasteiger partial charge in [-0.15, -0.1) is 6.58 Å². The largest absolute Gasteiger partial charge is 0.494 e. The van der Waals surface area contributed by atoms with E-state index in [0.29, 0.717) is 32.7 Å². The molecule has 0 spiro atoms. The van der Waals surface area contributed by atoms with Gasteiger partial charge in [-0.25, -0.2) is 4.98 Å². The number of hydrogen-bond donors (Lipinski definition) is 0. The summed E-state index contributed by atoms with van der Waals surface area (Å²) >= 11 is 0. The molecule has 1 aliphatic rings. The minimum absolute atomic E-state index is 0.00419. The molecule has 5 rings (SSSR count). The monoisotopic (exact) mass is 481 g/mol. The molecular formula is C30H31N3O3. The predicted molar refractivity (Wildman–Crippen MR) is 143 cm³/mol.